The lowest BCUT2D eigenvalue weighted by Crippen LogP contribution is -2.42. The van der Waals surface area contributed by atoms with Crippen LogP contribution in [0.15, 0.2) is 36.0 Å². The highest BCUT2D eigenvalue weighted by molar-refractivity contribution is 5.70. The van der Waals surface area contributed by atoms with E-state index >= 15 is 0 Å². The first-order chi connectivity index (χ1) is 18.3. The van der Waals surface area contributed by atoms with Crippen LogP contribution >= 0.6 is 0 Å². The number of aliphatic hydroxyl groups excluding tert-OH is 2. The Morgan fingerprint density at radius 3 is 2.62 bits per heavy atom. The van der Waals surface area contributed by atoms with Crippen molar-refractivity contribution in [2.75, 3.05) is 0 Å². The summed E-state index contributed by atoms with van der Waals surface area (Å²) in [5.74, 6) is -0.832. The first kappa shape index (κ1) is 33.2. The van der Waals surface area contributed by atoms with Crippen molar-refractivity contribution >= 4 is 11.9 Å². The quantitative estimate of drug-likeness (QED) is 0.158. The topological polar surface area (TPSA) is 126 Å². The van der Waals surface area contributed by atoms with Crippen LogP contribution in [0.2, 0.25) is 0 Å². The van der Waals surface area contributed by atoms with Crippen LogP contribution in [0.3, 0.4) is 0 Å². The van der Waals surface area contributed by atoms with Gasteiger partial charge < -0.3 is 29.5 Å². The zero-order valence-corrected chi connectivity index (χ0v) is 24.7. The van der Waals surface area contributed by atoms with Crippen LogP contribution in [0.4, 0.5) is 0 Å². The lowest BCUT2D eigenvalue weighted by Gasteiger charge is -2.32. The highest BCUT2D eigenvalue weighted by atomic mass is 16.6. The molecule has 0 radical (unpaired) electrons. The predicted octanol–water partition coefficient (Wildman–Crippen LogP) is 4.41. The predicted molar refractivity (Wildman–Crippen MR) is 150 cm³/mol. The molecule has 1 saturated heterocycles. The summed E-state index contributed by atoms with van der Waals surface area (Å²) in [6.07, 6.45) is 8.74. The Labute approximate surface area is 234 Å². The molecule has 0 amide bonds. The number of cyclic esters (lactones) is 1. The second-order valence-corrected chi connectivity index (χ2v) is 11.7. The first-order valence-electron chi connectivity index (χ1n) is 14.4. The summed E-state index contributed by atoms with van der Waals surface area (Å²) in [6.45, 7) is 13.2. The molecule has 0 aromatic carbocycles. The number of epoxide rings is 1. The van der Waals surface area contributed by atoms with Gasteiger partial charge in [-0.05, 0) is 57.1 Å². The van der Waals surface area contributed by atoms with Crippen molar-refractivity contribution in [1.29, 1.82) is 0 Å². The Morgan fingerprint density at radius 2 is 1.97 bits per heavy atom. The van der Waals surface area contributed by atoms with Crippen LogP contribution in [-0.2, 0) is 23.8 Å². The zero-order valence-electron chi connectivity index (χ0n) is 24.7. The van der Waals surface area contributed by atoms with E-state index in [-0.39, 0.29) is 61.7 Å². The second-order valence-electron chi connectivity index (χ2n) is 11.7. The molecule has 0 spiro atoms. The van der Waals surface area contributed by atoms with Gasteiger partial charge in [-0.1, -0.05) is 58.9 Å². The molecule has 2 aliphatic heterocycles. The zero-order chi connectivity index (χ0) is 29.3. The van der Waals surface area contributed by atoms with E-state index in [0.717, 1.165) is 18.4 Å². The molecule has 39 heavy (non-hydrogen) atoms. The summed E-state index contributed by atoms with van der Waals surface area (Å²) >= 11 is 0. The van der Waals surface area contributed by atoms with Gasteiger partial charge in [-0.25, -0.2) is 0 Å². The van der Waals surface area contributed by atoms with Crippen molar-refractivity contribution in [3.8, 4) is 0 Å². The lowest BCUT2D eigenvalue weighted by atomic mass is 9.88. The maximum absolute atomic E-state index is 12.6. The van der Waals surface area contributed by atoms with Crippen molar-refractivity contribution in [3.05, 3.63) is 36.0 Å². The van der Waals surface area contributed by atoms with Crippen LogP contribution in [-0.4, -0.2) is 69.5 Å². The molecular weight excluding hydrogens is 500 g/mol. The molecule has 0 bridgehead atoms. The van der Waals surface area contributed by atoms with Gasteiger partial charge >= 0.3 is 11.9 Å². The normalized spacial score (nSPS) is 34.9. The van der Waals surface area contributed by atoms with Crippen LogP contribution in [0.5, 0.6) is 0 Å². The summed E-state index contributed by atoms with van der Waals surface area (Å²) in [7, 11) is 0. The number of allylic oxidation sites excluding steroid dienone is 3. The number of aliphatic hydroxyl groups is 3. The maximum atomic E-state index is 12.6. The SMILES string of the molecule is CCC(=O)OC1C=CC(C)C(C(C)=CC=CC(C)CC2OC2C(C)C(O)CC)OC(=O)CC(O)CCC1(C)O. The van der Waals surface area contributed by atoms with Crippen molar-refractivity contribution in [1.82, 2.24) is 0 Å². The number of carbonyl (C=O) groups excluding carboxylic acids is 2. The smallest absolute Gasteiger partial charge is 0.309 e. The Balaban J connectivity index is 2.14. The van der Waals surface area contributed by atoms with Gasteiger partial charge in [0.25, 0.3) is 0 Å². The van der Waals surface area contributed by atoms with Crippen LogP contribution < -0.4 is 0 Å². The van der Waals surface area contributed by atoms with Crippen LogP contribution in [0.25, 0.3) is 0 Å². The monoisotopic (exact) mass is 550 g/mol. The van der Waals surface area contributed by atoms with E-state index in [4.69, 9.17) is 14.2 Å². The number of hydrogen-bond acceptors (Lipinski definition) is 8. The van der Waals surface area contributed by atoms with Gasteiger partial charge in [-0.2, -0.15) is 0 Å². The largest absolute Gasteiger partial charge is 0.457 e. The van der Waals surface area contributed by atoms with E-state index in [9.17, 15) is 24.9 Å². The highest BCUT2D eigenvalue weighted by Crippen LogP contribution is 2.36. The molecule has 2 heterocycles. The molecule has 1 fully saturated rings. The molecule has 10 unspecified atom stereocenters. The fourth-order valence-corrected chi connectivity index (χ4v) is 5.01. The van der Waals surface area contributed by atoms with E-state index in [1.54, 1.807) is 26.0 Å². The Kier molecular flexibility index (Phi) is 12.9. The van der Waals surface area contributed by atoms with Gasteiger partial charge in [0.05, 0.1) is 30.8 Å². The molecule has 10 atom stereocenters. The highest BCUT2D eigenvalue weighted by Gasteiger charge is 2.45. The summed E-state index contributed by atoms with van der Waals surface area (Å²) in [5.41, 5.74) is -0.578. The Bertz CT molecular complexity index is 891. The molecule has 0 saturated carbocycles. The summed E-state index contributed by atoms with van der Waals surface area (Å²) in [4.78, 5) is 24.7. The van der Waals surface area contributed by atoms with Gasteiger partial charge in [0.15, 0.2) is 0 Å². The molecule has 2 rings (SSSR count). The van der Waals surface area contributed by atoms with E-state index in [2.05, 4.69) is 13.0 Å². The van der Waals surface area contributed by atoms with Crippen LogP contribution in [0, 0.1) is 17.8 Å². The molecule has 8 nitrogen and oxygen atoms in total. The lowest BCUT2D eigenvalue weighted by molar-refractivity contribution is -0.159. The molecule has 0 aromatic heterocycles. The first-order valence-corrected chi connectivity index (χ1v) is 14.4. The number of hydrogen-bond donors (Lipinski definition) is 3. The Hall–Kier alpha value is -2.00. The van der Waals surface area contributed by atoms with Crippen molar-refractivity contribution in [2.45, 2.75) is 129 Å². The fourth-order valence-electron chi connectivity index (χ4n) is 5.01. The molecule has 0 aromatic rings. The molecule has 0 aliphatic carbocycles. The minimum atomic E-state index is -1.40. The van der Waals surface area contributed by atoms with E-state index < -0.39 is 35.9 Å². The van der Waals surface area contributed by atoms with E-state index in [1.165, 1.54) is 0 Å². The van der Waals surface area contributed by atoms with Gasteiger partial charge in [0, 0.05) is 18.3 Å². The third-order valence-corrected chi connectivity index (χ3v) is 7.89. The molecule has 222 valence electrons. The van der Waals surface area contributed by atoms with Crippen LogP contribution in [0.1, 0.15) is 87.0 Å². The van der Waals surface area contributed by atoms with Crippen molar-refractivity contribution < 1.29 is 39.1 Å². The minimum absolute atomic E-state index is 0.105. The summed E-state index contributed by atoms with van der Waals surface area (Å²) < 4.78 is 17.1. The van der Waals surface area contributed by atoms with E-state index in [1.807, 2.05) is 39.8 Å². The van der Waals surface area contributed by atoms with E-state index in [0.29, 0.717) is 0 Å². The molecule has 3 N–H and O–H groups in total. The van der Waals surface area contributed by atoms with Crippen molar-refractivity contribution in [3.63, 3.8) is 0 Å². The second kappa shape index (κ2) is 15.1. The third kappa shape index (κ3) is 10.5. The molecular formula is C31H50O8. The number of rotatable bonds is 10. The van der Waals surface area contributed by atoms with Gasteiger partial charge in [0.1, 0.15) is 17.8 Å². The maximum Gasteiger partial charge on any atom is 0.309 e. The average Bonchev–Trinajstić information content (AvgIpc) is 3.65. The third-order valence-electron chi connectivity index (χ3n) is 7.89. The van der Waals surface area contributed by atoms with Gasteiger partial charge in [0.2, 0.25) is 0 Å². The number of carbonyl (C=O) groups is 2. The van der Waals surface area contributed by atoms with Gasteiger partial charge in [-0.15, -0.1) is 0 Å². The minimum Gasteiger partial charge on any atom is -0.457 e. The molecule has 2 aliphatic rings. The Morgan fingerprint density at radius 1 is 1.28 bits per heavy atom. The molecule has 8 heteroatoms. The number of esters is 2. The van der Waals surface area contributed by atoms with Crippen molar-refractivity contribution in [2.24, 2.45) is 17.8 Å². The summed E-state index contributed by atoms with van der Waals surface area (Å²) in [6, 6.07) is 0. The fraction of sp³-hybridized carbons (Fsp3) is 0.742. The average molecular weight is 551 g/mol. The number of ether oxygens (including phenoxy) is 3. The summed E-state index contributed by atoms with van der Waals surface area (Å²) in [5, 5.41) is 31.5. The van der Waals surface area contributed by atoms with Gasteiger partial charge in [-0.3, -0.25) is 9.59 Å². The standard InChI is InChI=1S/C31H50O8/c1-8-24(33)22(6)30-25(37-30)17-19(3)11-10-12-20(4)29-21(5)13-14-26(38-27(34)9-2)31(7,36)16-15-23(32)18-28(35)39-29/h10-14,19,21-26,29-30,32-33,36H,8-9,15-18H2,1-7H3.